The van der Waals surface area contributed by atoms with Crippen LogP contribution in [0.15, 0.2) is 60.7 Å². The highest BCUT2D eigenvalue weighted by Gasteiger charge is 2.15. The molecule has 0 aliphatic heterocycles. The smallest absolute Gasteiger partial charge is 0.338 e. The number of methoxy groups -OCH3 is 1. The van der Waals surface area contributed by atoms with E-state index in [1.807, 2.05) is 50.2 Å². The monoisotopic (exact) mass is 393 g/mol. The number of benzene rings is 3. The van der Waals surface area contributed by atoms with Crippen molar-refractivity contribution in [2.75, 3.05) is 19.0 Å². The van der Waals surface area contributed by atoms with Crippen LogP contribution in [0.2, 0.25) is 0 Å². The molecule has 0 saturated heterocycles. The van der Waals surface area contributed by atoms with E-state index in [1.54, 1.807) is 18.2 Å². The van der Waals surface area contributed by atoms with E-state index in [0.717, 1.165) is 10.8 Å². The first kappa shape index (κ1) is 20.2. The van der Waals surface area contributed by atoms with Crippen molar-refractivity contribution in [2.45, 2.75) is 20.0 Å². The lowest BCUT2D eigenvalue weighted by Gasteiger charge is -2.14. The quantitative estimate of drug-likeness (QED) is 0.601. The number of amides is 1. The summed E-state index contributed by atoms with van der Waals surface area (Å²) in [7, 11) is 1.49. The Bertz CT molecular complexity index is 1030. The molecule has 0 aromatic heterocycles. The normalized spacial score (nSPS) is 10.6. The lowest BCUT2D eigenvalue weighted by Crippen LogP contribution is -2.21. The fourth-order valence-corrected chi connectivity index (χ4v) is 2.82. The Morgan fingerprint density at radius 3 is 2.41 bits per heavy atom. The molecule has 6 nitrogen and oxygen atoms in total. The van der Waals surface area contributed by atoms with Gasteiger partial charge in [-0.25, -0.2) is 4.79 Å². The van der Waals surface area contributed by atoms with Crippen molar-refractivity contribution >= 4 is 28.3 Å². The van der Waals surface area contributed by atoms with Crippen molar-refractivity contribution in [1.82, 2.24) is 0 Å². The molecule has 0 aliphatic carbocycles. The maximum atomic E-state index is 12.3. The molecule has 0 fully saturated rings. The van der Waals surface area contributed by atoms with E-state index in [4.69, 9.17) is 14.2 Å². The Morgan fingerprint density at radius 1 is 0.931 bits per heavy atom. The molecule has 0 unspecified atom stereocenters. The van der Waals surface area contributed by atoms with Gasteiger partial charge in [-0.05, 0) is 55.0 Å². The summed E-state index contributed by atoms with van der Waals surface area (Å²) in [5.74, 6) is -0.0738. The predicted molar refractivity (Wildman–Crippen MR) is 112 cm³/mol. The minimum Gasteiger partial charge on any atom is -0.493 e. The number of ether oxygens (including phenoxy) is 3. The summed E-state index contributed by atoms with van der Waals surface area (Å²) in [6, 6.07) is 18.2. The van der Waals surface area contributed by atoms with Gasteiger partial charge in [0.05, 0.1) is 18.8 Å². The van der Waals surface area contributed by atoms with Gasteiger partial charge in [0.2, 0.25) is 0 Å². The number of hydrogen-bond acceptors (Lipinski definition) is 5. The number of fused-ring (bicyclic) bond motifs is 1. The van der Waals surface area contributed by atoms with E-state index in [0.29, 0.717) is 17.2 Å². The van der Waals surface area contributed by atoms with Gasteiger partial charge in [0.1, 0.15) is 0 Å². The molecule has 0 saturated carbocycles. The third-order valence-electron chi connectivity index (χ3n) is 4.13. The minimum absolute atomic E-state index is 0.0273. The average molecular weight is 393 g/mol. The molecule has 6 heteroatoms. The average Bonchev–Trinajstić information content (AvgIpc) is 2.71. The van der Waals surface area contributed by atoms with Gasteiger partial charge in [0.25, 0.3) is 5.91 Å². The molecular formula is C23H23NO5. The number of nitrogens with one attached hydrogen (secondary N) is 1. The number of esters is 1. The summed E-state index contributed by atoms with van der Waals surface area (Å²) in [6.07, 6.45) is -0.0273. The first-order valence-corrected chi connectivity index (χ1v) is 9.26. The van der Waals surface area contributed by atoms with Crippen LogP contribution in [0.3, 0.4) is 0 Å². The fraction of sp³-hybridized carbons (Fsp3) is 0.217. The summed E-state index contributed by atoms with van der Waals surface area (Å²) in [5.41, 5.74) is 0.915. The highest BCUT2D eigenvalue weighted by Crippen LogP contribution is 2.29. The molecule has 1 N–H and O–H groups in total. The number of carbonyl (C=O) groups excluding carboxylic acids is 2. The zero-order chi connectivity index (χ0) is 20.8. The molecule has 3 aromatic rings. The Morgan fingerprint density at radius 2 is 1.69 bits per heavy atom. The lowest BCUT2D eigenvalue weighted by atomic mass is 10.1. The van der Waals surface area contributed by atoms with Gasteiger partial charge >= 0.3 is 5.97 Å². The lowest BCUT2D eigenvalue weighted by molar-refractivity contribution is -0.119. The van der Waals surface area contributed by atoms with Crippen LogP contribution >= 0.6 is 0 Å². The van der Waals surface area contributed by atoms with E-state index >= 15 is 0 Å². The van der Waals surface area contributed by atoms with Crippen molar-refractivity contribution < 1.29 is 23.8 Å². The molecule has 0 radical (unpaired) electrons. The Hall–Kier alpha value is -3.54. The number of anilines is 1. The summed E-state index contributed by atoms with van der Waals surface area (Å²) >= 11 is 0. The van der Waals surface area contributed by atoms with E-state index in [2.05, 4.69) is 5.32 Å². The molecule has 0 aliphatic rings. The summed E-state index contributed by atoms with van der Waals surface area (Å²) in [6.45, 7) is 3.41. The second-order valence-electron chi connectivity index (χ2n) is 6.72. The Labute approximate surface area is 169 Å². The third-order valence-corrected chi connectivity index (χ3v) is 4.13. The zero-order valence-corrected chi connectivity index (χ0v) is 16.6. The summed E-state index contributed by atoms with van der Waals surface area (Å²) in [5, 5.41) is 4.82. The van der Waals surface area contributed by atoms with Crippen LogP contribution in [0.25, 0.3) is 10.8 Å². The van der Waals surface area contributed by atoms with Gasteiger partial charge < -0.3 is 19.5 Å². The highest BCUT2D eigenvalue weighted by molar-refractivity contribution is 5.97. The van der Waals surface area contributed by atoms with Gasteiger partial charge in [-0.3, -0.25) is 4.79 Å². The third kappa shape index (κ3) is 5.25. The van der Waals surface area contributed by atoms with Gasteiger partial charge in [0.15, 0.2) is 18.1 Å². The maximum Gasteiger partial charge on any atom is 0.338 e. The van der Waals surface area contributed by atoms with Crippen LogP contribution in [-0.2, 0) is 9.53 Å². The van der Waals surface area contributed by atoms with Crippen LogP contribution in [0, 0.1) is 0 Å². The molecule has 1 amide bonds. The second kappa shape index (κ2) is 9.10. The van der Waals surface area contributed by atoms with E-state index in [-0.39, 0.29) is 11.7 Å². The number of hydrogen-bond donors (Lipinski definition) is 1. The molecule has 150 valence electrons. The van der Waals surface area contributed by atoms with Gasteiger partial charge in [-0.1, -0.05) is 30.3 Å². The van der Waals surface area contributed by atoms with Crippen molar-refractivity contribution in [3.05, 3.63) is 66.2 Å². The molecule has 3 rings (SSSR count). The largest absolute Gasteiger partial charge is 0.493 e. The standard InChI is InChI=1S/C23H23NO5/c1-15(2)29-20-11-9-18(13-21(20)27-3)23(26)28-14-22(25)24-19-10-8-16-6-4-5-7-17(16)12-19/h4-13,15H,14H2,1-3H3,(H,24,25). The highest BCUT2D eigenvalue weighted by atomic mass is 16.5. The van der Waals surface area contributed by atoms with Crippen LogP contribution in [0.4, 0.5) is 5.69 Å². The molecule has 3 aromatic carbocycles. The number of carbonyl (C=O) groups is 2. The first-order chi connectivity index (χ1) is 14.0. The van der Waals surface area contributed by atoms with Crippen molar-refractivity contribution in [3.63, 3.8) is 0 Å². The van der Waals surface area contributed by atoms with Gasteiger partial charge in [-0.2, -0.15) is 0 Å². The number of rotatable bonds is 7. The molecule has 0 heterocycles. The van der Waals surface area contributed by atoms with Crippen molar-refractivity contribution in [3.8, 4) is 11.5 Å². The van der Waals surface area contributed by atoms with Crippen molar-refractivity contribution in [2.24, 2.45) is 0 Å². The predicted octanol–water partition coefficient (Wildman–Crippen LogP) is 4.43. The van der Waals surface area contributed by atoms with Crippen molar-refractivity contribution in [1.29, 1.82) is 0 Å². The Balaban J connectivity index is 1.59. The first-order valence-electron chi connectivity index (χ1n) is 9.26. The molecule has 0 atom stereocenters. The van der Waals surface area contributed by atoms with Gasteiger partial charge in [-0.15, -0.1) is 0 Å². The van der Waals surface area contributed by atoms with Gasteiger partial charge in [0, 0.05) is 5.69 Å². The Kier molecular flexibility index (Phi) is 6.34. The topological polar surface area (TPSA) is 73.9 Å². The molecular weight excluding hydrogens is 370 g/mol. The maximum absolute atomic E-state index is 12.3. The second-order valence-corrected chi connectivity index (χ2v) is 6.72. The SMILES string of the molecule is COc1cc(C(=O)OCC(=O)Nc2ccc3ccccc3c2)ccc1OC(C)C. The molecule has 0 spiro atoms. The molecule has 29 heavy (non-hydrogen) atoms. The minimum atomic E-state index is -0.618. The van der Waals surface area contributed by atoms with Crippen LogP contribution in [0.5, 0.6) is 11.5 Å². The van der Waals surface area contributed by atoms with Crippen LogP contribution in [-0.4, -0.2) is 31.7 Å². The molecule has 0 bridgehead atoms. The van der Waals surface area contributed by atoms with Crippen LogP contribution in [0.1, 0.15) is 24.2 Å². The fourth-order valence-electron chi connectivity index (χ4n) is 2.82. The van der Waals surface area contributed by atoms with E-state index in [1.165, 1.54) is 13.2 Å². The van der Waals surface area contributed by atoms with E-state index in [9.17, 15) is 9.59 Å². The zero-order valence-electron chi connectivity index (χ0n) is 16.6. The van der Waals surface area contributed by atoms with E-state index < -0.39 is 18.5 Å². The van der Waals surface area contributed by atoms with Crippen LogP contribution < -0.4 is 14.8 Å². The summed E-state index contributed by atoms with van der Waals surface area (Å²) < 4.78 is 16.0. The summed E-state index contributed by atoms with van der Waals surface area (Å²) in [4.78, 5) is 24.4.